The number of benzene rings is 1. The third-order valence-electron chi connectivity index (χ3n) is 3.83. The SMILES string of the molecule is Cc1cc(C(=O)Nc2cccc3c2CCCC3)cc(Cl)n1. The van der Waals surface area contributed by atoms with E-state index in [0.29, 0.717) is 10.7 Å². The van der Waals surface area contributed by atoms with Gasteiger partial charge in [-0.15, -0.1) is 0 Å². The summed E-state index contributed by atoms with van der Waals surface area (Å²) in [5.74, 6) is -0.138. The van der Waals surface area contributed by atoms with Gasteiger partial charge in [0.05, 0.1) is 0 Å². The van der Waals surface area contributed by atoms with E-state index < -0.39 is 0 Å². The minimum absolute atomic E-state index is 0.138. The third kappa shape index (κ3) is 3.08. The van der Waals surface area contributed by atoms with E-state index in [4.69, 9.17) is 11.6 Å². The molecule has 0 saturated carbocycles. The van der Waals surface area contributed by atoms with E-state index in [9.17, 15) is 4.79 Å². The van der Waals surface area contributed by atoms with E-state index in [0.717, 1.165) is 24.2 Å². The molecule has 0 bridgehead atoms. The molecule has 1 aliphatic carbocycles. The third-order valence-corrected chi connectivity index (χ3v) is 4.02. The number of anilines is 1. The van der Waals surface area contributed by atoms with Crippen molar-refractivity contribution in [1.82, 2.24) is 4.98 Å². The summed E-state index contributed by atoms with van der Waals surface area (Å²) in [6, 6.07) is 9.47. The molecule has 108 valence electrons. The molecule has 21 heavy (non-hydrogen) atoms. The Morgan fingerprint density at radius 3 is 2.86 bits per heavy atom. The fourth-order valence-corrected chi connectivity index (χ4v) is 3.10. The minimum Gasteiger partial charge on any atom is -0.322 e. The molecule has 1 aliphatic rings. The molecule has 0 radical (unpaired) electrons. The van der Waals surface area contributed by atoms with Gasteiger partial charge in [-0.1, -0.05) is 23.7 Å². The first-order chi connectivity index (χ1) is 10.1. The van der Waals surface area contributed by atoms with Crippen LogP contribution in [-0.4, -0.2) is 10.9 Å². The number of hydrogen-bond donors (Lipinski definition) is 1. The van der Waals surface area contributed by atoms with Crippen molar-refractivity contribution in [3.8, 4) is 0 Å². The van der Waals surface area contributed by atoms with Crippen LogP contribution in [-0.2, 0) is 12.8 Å². The molecular weight excluding hydrogens is 284 g/mol. The summed E-state index contributed by atoms with van der Waals surface area (Å²) >= 11 is 5.92. The summed E-state index contributed by atoms with van der Waals surface area (Å²) < 4.78 is 0. The highest BCUT2D eigenvalue weighted by Gasteiger charge is 2.15. The van der Waals surface area contributed by atoms with Crippen LogP contribution in [0.2, 0.25) is 5.15 Å². The lowest BCUT2D eigenvalue weighted by atomic mass is 9.90. The first kappa shape index (κ1) is 14.1. The number of aryl methyl sites for hydroxylation is 2. The maximum atomic E-state index is 12.4. The smallest absolute Gasteiger partial charge is 0.255 e. The lowest BCUT2D eigenvalue weighted by Crippen LogP contribution is -2.15. The molecule has 2 aromatic rings. The molecule has 1 heterocycles. The molecule has 1 N–H and O–H groups in total. The van der Waals surface area contributed by atoms with Crippen molar-refractivity contribution in [2.45, 2.75) is 32.6 Å². The topological polar surface area (TPSA) is 42.0 Å². The van der Waals surface area contributed by atoms with Gasteiger partial charge >= 0.3 is 0 Å². The van der Waals surface area contributed by atoms with Crippen LogP contribution in [0.1, 0.15) is 40.0 Å². The van der Waals surface area contributed by atoms with Crippen molar-refractivity contribution in [1.29, 1.82) is 0 Å². The van der Waals surface area contributed by atoms with Gasteiger partial charge in [0.25, 0.3) is 5.91 Å². The van der Waals surface area contributed by atoms with Crippen LogP contribution >= 0.6 is 11.6 Å². The van der Waals surface area contributed by atoms with Crippen LogP contribution in [0.5, 0.6) is 0 Å². The Bertz CT molecular complexity index is 677. The molecule has 0 fully saturated rings. The van der Waals surface area contributed by atoms with Gasteiger partial charge in [0.1, 0.15) is 5.15 Å². The van der Waals surface area contributed by atoms with Gasteiger partial charge in [0, 0.05) is 16.9 Å². The molecule has 1 aromatic heterocycles. The average molecular weight is 301 g/mol. The second-order valence-corrected chi connectivity index (χ2v) is 5.81. The number of nitrogens with zero attached hydrogens (tertiary/aromatic N) is 1. The number of rotatable bonds is 2. The Balaban J connectivity index is 1.88. The van der Waals surface area contributed by atoms with Gasteiger partial charge in [0.2, 0.25) is 0 Å². The van der Waals surface area contributed by atoms with Gasteiger partial charge in [-0.3, -0.25) is 4.79 Å². The Labute approximate surface area is 129 Å². The fraction of sp³-hybridized carbons (Fsp3) is 0.294. The Hall–Kier alpha value is -1.87. The Morgan fingerprint density at radius 2 is 2.05 bits per heavy atom. The lowest BCUT2D eigenvalue weighted by Gasteiger charge is -2.19. The Morgan fingerprint density at radius 1 is 1.24 bits per heavy atom. The molecule has 3 nitrogen and oxygen atoms in total. The lowest BCUT2D eigenvalue weighted by molar-refractivity contribution is 0.102. The van der Waals surface area contributed by atoms with E-state index in [2.05, 4.69) is 16.4 Å². The standard InChI is InChI=1S/C17H17ClN2O/c1-11-9-13(10-16(18)19-11)17(21)20-15-8-4-6-12-5-2-3-7-14(12)15/h4,6,8-10H,2-3,5,7H2,1H3,(H,20,21). The van der Waals surface area contributed by atoms with Crippen molar-refractivity contribution in [3.63, 3.8) is 0 Å². The molecule has 0 spiro atoms. The van der Waals surface area contributed by atoms with Crippen LogP contribution in [0.25, 0.3) is 0 Å². The van der Waals surface area contributed by atoms with E-state index in [1.165, 1.54) is 24.0 Å². The molecule has 0 unspecified atom stereocenters. The van der Waals surface area contributed by atoms with Crippen molar-refractivity contribution in [3.05, 3.63) is 57.9 Å². The number of halogens is 1. The summed E-state index contributed by atoms with van der Waals surface area (Å²) in [4.78, 5) is 16.5. The highest BCUT2D eigenvalue weighted by atomic mass is 35.5. The second-order valence-electron chi connectivity index (χ2n) is 5.42. The molecule has 0 aliphatic heterocycles. The zero-order valence-electron chi connectivity index (χ0n) is 11.9. The van der Waals surface area contributed by atoms with Gasteiger partial charge in [-0.05, 0) is 61.9 Å². The van der Waals surface area contributed by atoms with E-state index in [-0.39, 0.29) is 5.91 Å². The summed E-state index contributed by atoms with van der Waals surface area (Å²) in [6.07, 6.45) is 4.53. The number of pyridine rings is 1. The maximum absolute atomic E-state index is 12.4. The highest BCUT2D eigenvalue weighted by molar-refractivity contribution is 6.29. The van der Waals surface area contributed by atoms with E-state index in [1.807, 2.05) is 19.1 Å². The second kappa shape index (κ2) is 5.86. The van der Waals surface area contributed by atoms with Gasteiger partial charge in [0.15, 0.2) is 0 Å². The molecule has 1 amide bonds. The number of hydrogen-bond acceptors (Lipinski definition) is 2. The number of amides is 1. The molecule has 4 heteroatoms. The normalized spacial score (nSPS) is 13.6. The first-order valence-electron chi connectivity index (χ1n) is 7.20. The van der Waals surface area contributed by atoms with Crippen LogP contribution in [0.3, 0.4) is 0 Å². The largest absolute Gasteiger partial charge is 0.322 e. The van der Waals surface area contributed by atoms with Crippen LogP contribution in [0, 0.1) is 6.92 Å². The van der Waals surface area contributed by atoms with E-state index >= 15 is 0 Å². The van der Waals surface area contributed by atoms with Crippen LogP contribution in [0.4, 0.5) is 5.69 Å². The molecule has 3 rings (SSSR count). The predicted molar refractivity (Wildman–Crippen MR) is 85.0 cm³/mol. The van der Waals surface area contributed by atoms with Crippen LogP contribution in [0.15, 0.2) is 30.3 Å². The number of carbonyl (C=O) groups excluding carboxylic acids is 1. The summed E-state index contributed by atoms with van der Waals surface area (Å²) in [7, 11) is 0. The summed E-state index contributed by atoms with van der Waals surface area (Å²) in [5, 5.41) is 3.36. The summed E-state index contributed by atoms with van der Waals surface area (Å²) in [5.41, 5.74) is 4.82. The molecule has 0 atom stereocenters. The number of aromatic nitrogens is 1. The first-order valence-corrected chi connectivity index (χ1v) is 7.57. The maximum Gasteiger partial charge on any atom is 0.255 e. The van der Waals surface area contributed by atoms with Gasteiger partial charge in [-0.2, -0.15) is 0 Å². The van der Waals surface area contributed by atoms with Crippen molar-refractivity contribution < 1.29 is 4.79 Å². The predicted octanol–water partition coefficient (Wildman–Crippen LogP) is 4.17. The molecular formula is C17H17ClN2O. The molecule has 1 aromatic carbocycles. The number of nitrogens with one attached hydrogen (secondary N) is 1. The van der Waals surface area contributed by atoms with Gasteiger partial charge in [-0.25, -0.2) is 4.98 Å². The average Bonchev–Trinajstić information content (AvgIpc) is 2.46. The number of fused-ring (bicyclic) bond motifs is 1. The van der Waals surface area contributed by atoms with Crippen molar-refractivity contribution in [2.75, 3.05) is 5.32 Å². The highest BCUT2D eigenvalue weighted by Crippen LogP contribution is 2.28. The van der Waals surface area contributed by atoms with E-state index in [1.54, 1.807) is 12.1 Å². The zero-order valence-corrected chi connectivity index (χ0v) is 12.7. The molecule has 0 saturated heterocycles. The van der Waals surface area contributed by atoms with Crippen LogP contribution < -0.4 is 5.32 Å². The van der Waals surface area contributed by atoms with Crippen molar-refractivity contribution >= 4 is 23.2 Å². The quantitative estimate of drug-likeness (QED) is 0.846. The fourth-order valence-electron chi connectivity index (χ4n) is 2.85. The van der Waals surface area contributed by atoms with Crippen molar-refractivity contribution in [2.24, 2.45) is 0 Å². The minimum atomic E-state index is -0.138. The summed E-state index contributed by atoms with van der Waals surface area (Å²) in [6.45, 7) is 1.83. The Kier molecular flexibility index (Phi) is 3.93. The monoisotopic (exact) mass is 300 g/mol. The number of carbonyl (C=O) groups is 1. The zero-order chi connectivity index (χ0) is 14.8. The van der Waals surface area contributed by atoms with Gasteiger partial charge < -0.3 is 5.32 Å².